The Labute approximate surface area is 164 Å². The van der Waals surface area contributed by atoms with E-state index in [9.17, 15) is 9.59 Å². The summed E-state index contributed by atoms with van der Waals surface area (Å²) in [5.41, 5.74) is 5.49. The van der Waals surface area contributed by atoms with Crippen molar-refractivity contribution in [3.05, 3.63) is 0 Å². The second kappa shape index (κ2) is 11.0. The molecule has 1 saturated heterocycles. The quantitative estimate of drug-likeness (QED) is 0.653. The molecular weight excluding hydrogens is 352 g/mol. The van der Waals surface area contributed by atoms with Crippen LogP contribution in [0.5, 0.6) is 0 Å². The van der Waals surface area contributed by atoms with E-state index in [4.69, 9.17) is 5.73 Å². The van der Waals surface area contributed by atoms with Crippen molar-refractivity contribution in [1.82, 2.24) is 15.5 Å². The zero-order valence-electron chi connectivity index (χ0n) is 16.4. The molecule has 3 amide bonds. The predicted octanol–water partition coefficient (Wildman–Crippen LogP) is 2.80. The Morgan fingerprint density at radius 1 is 0.962 bits per heavy atom. The lowest BCUT2D eigenvalue weighted by Crippen LogP contribution is -2.54. The number of nitrogens with two attached hydrogens (primary N) is 1. The number of halogens is 1. The molecule has 0 spiro atoms. The number of hydrogen-bond donors (Lipinski definition) is 3. The third-order valence-corrected chi connectivity index (χ3v) is 6.26. The smallest absolute Gasteiger partial charge is 0.315 e. The summed E-state index contributed by atoms with van der Waals surface area (Å²) in [5, 5.41) is 6.20. The summed E-state index contributed by atoms with van der Waals surface area (Å²) < 4.78 is 0. The molecule has 1 aliphatic carbocycles. The van der Waals surface area contributed by atoms with Crippen LogP contribution in [0.3, 0.4) is 0 Å². The molecule has 2 fully saturated rings. The van der Waals surface area contributed by atoms with E-state index >= 15 is 0 Å². The zero-order valence-corrected chi connectivity index (χ0v) is 17.2. The van der Waals surface area contributed by atoms with Gasteiger partial charge in [-0.05, 0) is 38.5 Å². The Balaban J connectivity index is 0.00000338. The SMILES string of the molecule is CCC(CC)(CN)C(=O)N1CCC(NC(=O)NC2CCCCC2)CC1.Cl. The van der Waals surface area contributed by atoms with Crippen molar-refractivity contribution < 1.29 is 9.59 Å². The van der Waals surface area contributed by atoms with Gasteiger partial charge in [-0.3, -0.25) is 4.79 Å². The number of likely N-dealkylation sites (tertiary alicyclic amines) is 1. The fourth-order valence-electron chi connectivity index (χ4n) is 4.15. The van der Waals surface area contributed by atoms with Gasteiger partial charge in [-0.25, -0.2) is 4.79 Å². The van der Waals surface area contributed by atoms with E-state index in [1.54, 1.807) is 0 Å². The first-order chi connectivity index (χ1) is 12.0. The molecule has 2 aliphatic rings. The maximum atomic E-state index is 12.9. The van der Waals surface area contributed by atoms with Crippen molar-refractivity contribution in [3.63, 3.8) is 0 Å². The van der Waals surface area contributed by atoms with Crippen LogP contribution in [0.4, 0.5) is 4.79 Å². The van der Waals surface area contributed by atoms with Gasteiger partial charge in [-0.15, -0.1) is 12.4 Å². The predicted molar refractivity (Wildman–Crippen MR) is 107 cm³/mol. The van der Waals surface area contributed by atoms with E-state index in [-0.39, 0.29) is 30.4 Å². The van der Waals surface area contributed by atoms with Gasteiger partial charge in [0.05, 0.1) is 5.41 Å². The van der Waals surface area contributed by atoms with Gasteiger partial charge in [0.1, 0.15) is 0 Å². The van der Waals surface area contributed by atoms with Crippen LogP contribution >= 0.6 is 12.4 Å². The Hall–Kier alpha value is -1.01. The van der Waals surface area contributed by atoms with E-state index < -0.39 is 5.41 Å². The average Bonchev–Trinajstić information content (AvgIpc) is 2.65. The first-order valence-corrected chi connectivity index (χ1v) is 10.1. The normalized spacial score (nSPS) is 19.6. The van der Waals surface area contributed by atoms with Crippen LogP contribution < -0.4 is 16.4 Å². The standard InChI is InChI=1S/C19H36N4O2.ClH/c1-3-19(4-2,14-20)17(24)23-12-10-16(11-13-23)22-18(25)21-15-8-6-5-7-9-15;/h15-16H,3-14,20H2,1-2H3,(H2,21,22,25);1H. The van der Waals surface area contributed by atoms with Gasteiger partial charge in [-0.2, -0.15) is 0 Å². The second-order valence-electron chi connectivity index (χ2n) is 7.71. The van der Waals surface area contributed by atoms with Crippen LogP contribution in [-0.2, 0) is 4.79 Å². The molecule has 6 nitrogen and oxygen atoms in total. The molecule has 0 unspecified atom stereocenters. The number of rotatable bonds is 6. The average molecular weight is 389 g/mol. The molecule has 0 aromatic heterocycles. The minimum Gasteiger partial charge on any atom is -0.342 e. The van der Waals surface area contributed by atoms with E-state index in [1.165, 1.54) is 19.3 Å². The topological polar surface area (TPSA) is 87.5 Å². The molecule has 0 radical (unpaired) electrons. The first kappa shape index (κ1) is 23.0. The molecule has 7 heteroatoms. The third-order valence-electron chi connectivity index (χ3n) is 6.26. The molecular formula is C19H37ClN4O2. The molecule has 0 atom stereocenters. The van der Waals surface area contributed by atoms with Crippen LogP contribution in [-0.4, -0.2) is 48.6 Å². The fraction of sp³-hybridized carbons (Fsp3) is 0.895. The minimum atomic E-state index is -0.418. The number of nitrogens with zero attached hydrogens (tertiary/aromatic N) is 1. The van der Waals surface area contributed by atoms with Crippen molar-refractivity contribution in [2.24, 2.45) is 11.1 Å². The minimum absolute atomic E-state index is 0. The van der Waals surface area contributed by atoms with Gasteiger partial charge < -0.3 is 21.3 Å². The van der Waals surface area contributed by atoms with E-state index in [0.29, 0.717) is 25.7 Å². The molecule has 4 N–H and O–H groups in total. The van der Waals surface area contributed by atoms with E-state index in [1.807, 2.05) is 18.7 Å². The third kappa shape index (κ3) is 5.74. The Kier molecular flexibility index (Phi) is 9.72. The molecule has 26 heavy (non-hydrogen) atoms. The van der Waals surface area contributed by atoms with Crippen molar-refractivity contribution >= 4 is 24.3 Å². The van der Waals surface area contributed by atoms with Crippen LogP contribution in [0.25, 0.3) is 0 Å². The number of urea groups is 1. The highest BCUT2D eigenvalue weighted by molar-refractivity contribution is 5.85. The lowest BCUT2D eigenvalue weighted by molar-refractivity contribution is -0.143. The molecule has 1 aliphatic heterocycles. The summed E-state index contributed by atoms with van der Waals surface area (Å²) in [6.07, 6.45) is 9.08. The van der Waals surface area contributed by atoms with Crippen LogP contribution in [0.2, 0.25) is 0 Å². The van der Waals surface area contributed by atoms with Gasteiger partial charge in [0, 0.05) is 31.7 Å². The molecule has 0 aromatic carbocycles. The monoisotopic (exact) mass is 388 g/mol. The van der Waals surface area contributed by atoms with Gasteiger partial charge in [0.25, 0.3) is 0 Å². The van der Waals surface area contributed by atoms with Crippen molar-refractivity contribution in [1.29, 1.82) is 0 Å². The highest BCUT2D eigenvalue weighted by Crippen LogP contribution is 2.29. The number of carbonyl (C=O) groups is 2. The van der Waals surface area contributed by atoms with Crippen LogP contribution in [0, 0.1) is 5.41 Å². The molecule has 1 saturated carbocycles. The zero-order chi connectivity index (χ0) is 18.3. The van der Waals surface area contributed by atoms with E-state index in [0.717, 1.165) is 38.5 Å². The highest BCUT2D eigenvalue weighted by Gasteiger charge is 2.38. The van der Waals surface area contributed by atoms with Gasteiger partial charge in [-0.1, -0.05) is 33.1 Å². The fourth-order valence-corrected chi connectivity index (χ4v) is 4.15. The summed E-state index contributed by atoms with van der Waals surface area (Å²) in [6.45, 7) is 5.89. The summed E-state index contributed by atoms with van der Waals surface area (Å²) in [6, 6.07) is 0.438. The Morgan fingerprint density at radius 3 is 1.92 bits per heavy atom. The number of amides is 3. The molecule has 0 aromatic rings. The molecule has 0 bridgehead atoms. The highest BCUT2D eigenvalue weighted by atomic mass is 35.5. The Morgan fingerprint density at radius 2 is 1.46 bits per heavy atom. The summed E-state index contributed by atoms with van der Waals surface area (Å²) in [7, 11) is 0. The molecule has 152 valence electrons. The van der Waals surface area contributed by atoms with Gasteiger partial charge >= 0.3 is 6.03 Å². The maximum absolute atomic E-state index is 12.9. The number of nitrogens with one attached hydrogen (secondary N) is 2. The van der Waals surface area contributed by atoms with Crippen LogP contribution in [0.1, 0.15) is 71.6 Å². The summed E-state index contributed by atoms with van der Waals surface area (Å²) in [4.78, 5) is 27.0. The molecule has 1 heterocycles. The van der Waals surface area contributed by atoms with Crippen molar-refractivity contribution in [3.8, 4) is 0 Å². The lowest BCUT2D eigenvalue weighted by Gasteiger charge is -2.39. The largest absolute Gasteiger partial charge is 0.342 e. The first-order valence-electron chi connectivity index (χ1n) is 10.1. The van der Waals surface area contributed by atoms with E-state index in [2.05, 4.69) is 10.6 Å². The molecule has 2 rings (SSSR count). The lowest BCUT2D eigenvalue weighted by atomic mass is 9.80. The van der Waals surface area contributed by atoms with Crippen molar-refractivity contribution in [2.45, 2.75) is 83.7 Å². The maximum Gasteiger partial charge on any atom is 0.315 e. The Bertz CT molecular complexity index is 435. The van der Waals surface area contributed by atoms with Gasteiger partial charge in [0.2, 0.25) is 5.91 Å². The number of hydrogen-bond acceptors (Lipinski definition) is 3. The summed E-state index contributed by atoms with van der Waals surface area (Å²) in [5.74, 6) is 0.185. The summed E-state index contributed by atoms with van der Waals surface area (Å²) >= 11 is 0. The number of carbonyl (C=O) groups excluding carboxylic acids is 2. The second-order valence-corrected chi connectivity index (χ2v) is 7.71. The van der Waals surface area contributed by atoms with Gasteiger partial charge in [0.15, 0.2) is 0 Å². The van der Waals surface area contributed by atoms with Crippen LogP contribution in [0.15, 0.2) is 0 Å². The van der Waals surface area contributed by atoms with Crippen molar-refractivity contribution in [2.75, 3.05) is 19.6 Å². The number of piperidine rings is 1.